The second-order valence-electron chi connectivity index (χ2n) is 8.91. The minimum absolute atomic E-state index is 0.168. The van der Waals surface area contributed by atoms with E-state index in [1.54, 1.807) is 18.2 Å². The van der Waals surface area contributed by atoms with Crippen LogP contribution in [0, 0.1) is 13.8 Å². The highest BCUT2D eigenvalue weighted by Crippen LogP contribution is 2.25. The summed E-state index contributed by atoms with van der Waals surface area (Å²) >= 11 is 12.4. The molecule has 1 atom stereocenters. The number of benzene rings is 2. The molecule has 5 nitrogen and oxygen atoms in total. The Morgan fingerprint density at radius 1 is 1.12 bits per heavy atom. The quantitative estimate of drug-likeness (QED) is 0.528. The molecule has 0 aromatic heterocycles. The number of amides is 2. The number of hydrogen-bond acceptors (Lipinski definition) is 3. The molecule has 0 heterocycles. The van der Waals surface area contributed by atoms with Crippen molar-refractivity contribution in [3.8, 4) is 5.75 Å². The monoisotopic (exact) mass is 478 g/mol. The number of halogens is 2. The molecule has 2 amide bonds. The topological polar surface area (TPSA) is 58.6 Å². The van der Waals surface area contributed by atoms with E-state index >= 15 is 0 Å². The fraction of sp³-hybridized carbons (Fsp3) is 0.440. The SMILES string of the molecule is CCC(C(=O)NC(C)(C)C)N(Cc1ccc(Cl)cc1Cl)C(=O)COc1cccc(C)c1C. The Hall–Kier alpha value is -2.24. The van der Waals surface area contributed by atoms with Gasteiger partial charge in [0, 0.05) is 22.1 Å². The number of hydrogen-bond donors (Lipinski definition) is 1. The van der Waals surface area contributed by atoms with E-state index in [1.165, 1.54) is 4.90 Å². The number of ether oxygens (including phenoxy) is 1. The first-order valence-electron chi connectivity index (χ1n) is 10.7. The molecule has 174 valence electrons. The molecule has 0 aliphatic carbocycles. The highest BCUT2D eigenvalue weighted by Gasteiger charge is 2.31. The summed E-state index contributed by atoms with van der Waals surface area (Å²) in [5.74, 6) is 0.132. The van der Waals surface area contributed by atoms with Crippen molar-refractivity contribution < 1.29 is 14.3 Å². The molecule has 2 aromatic carbocycles. The minimum atomic E-state index is -0.671. The van der Waals surface area contributed by atoms with Crippen LogP contribution >= 0.6 is 23.2 Å². The van der Waals surface area contributed by atoms with Crippen LogP contribution in [0.25, 0.3) is 0 Å². The van der Waals surface area contributed by atoms with Crippen LogP contribution in [0.1, 0.15) is 50.8 Å². The second-order valence-corrected chi connectivity index (χ2v) is 9.75. The summed E-state index contributed by atoms with van der Waals surface area (Å²) in [4.78, 5) is 27.9. The van der Waals surface area contributed by atoms with Gasteiger partial charge in [-0.3, -0.25) is 9.59 Å². The molecule has 7 heteroatoms. The van der Waals surface area contributed by atoms with Gasteiger partial charge in [-0.05, 0) is 75.9 Å². The first-order chi connectivity index (χ1) is 14.9. The summed E-state index contributed by atoms with van der Waals surface area (Å²) in [5.41, 5.74) is 2.34. The number of aryl methyl sites for hydroxylation is 1. The molecule has 0 spiro atoms. The van der Waals surface area contributed by atoms with E-state index in [-0.39, 0.29) is 25.0 Å². The summed E-state index contributed by atoms with van der Waals surface area (Å²) in [7, 11) is 0. The van der Waals surface area contributed by atoms with Crippen LogP contribution in [0.4, 0.5) is 0 Å². The van der Waals surface area contributed by atoms with Crippen molar-refractivity contribution in [2.45, 2.75) is 66.1 Å². The van der Waals surface area contributed by atoms with E-state index in [2.05, 4.69) is 5.32 Å². The standard InChI is InChI=1S/C25H32Cl2N2O3/c1-7-21(24(31)28-25(4,5)6)29(14-18-11-12-19(26)13-20(18)27)23(30)15-32-22-10-8-9-16(2)17(22)3/h8-13,21H,7,14-15H2,1-6H3,(H,28,31). The Kier molecular flexibility index (Phi) is 8.99. The van der Waals surface area contributed by atoms with Gasteiger partial charge in [0.05, 0.1) is 0 Å². The zero-order valence-corrected chi connectivity index (χ0v) is 21.1. The van der Waals surface area contributed by atoms with E-state index in [0.29, 0.717) is 27.8 Å². The molecular weight excluding hydrogens is 447 g/mol. The lowest BCUT2D eigenvalue weighted by atomic mass is 10.1. The highest BCUT2D eigenvalue weighted by atomic mass is 35.5. The predicted molar refractivity (Wildman–Crippen MR) is 130 cm³/mol. The van der Waals surface area contributed by atoms with Crippen molar-refractivity contribution in [2.24, 2.45) is 0 Å². The van der Waals surface area contributed by atoms with Gasteiger partial charge in [-0.15, -0.1) is 0 Å². The molecule has 0 aliphatic rings. The van der Waals surface area contributed by atoms with E-state index in [9.17, 15) is 9.59 Å². The second kappa shape index (κ2) is 11.1. The molecule has 2 rings (SSSR count). The Morgan fingerprint density at radius 3 is 2.41 bits per heavy atom. The van der Waals surface area contributed by atoms with Gasteiger partial charge in [-0.1, -0.05) is 48.3 Å². The van der Waals surface area contributed by atoms with E-state index in [0.717, 1.165) is 11.1 Å². The summed E-state index contributed by atoms with van der Waals surface area (Å²) < 4.78 is 5.85. The summed E-state index contributed by atoms with van der Waals surface area (Å²) in [6.07, 6.45) is 0.447. The third-order valence-electron chi connectivity index (χ3n) is 5.15. The molecule has 0 fully saturated rings. The van der Waals surface area contributed by atoms with Crippen LogP contribution in [0.15, 0.2) is 36.4 Å². The number of carbonyl (C=O) groups is 2. The smallest absolute Gasteiger partial charge is 0.261 e. The summed E-state index contributed by atoms with van der Waals surface area (Å²) in [5, 5.41) is 3.93. The average molecular weight is 479 g/mol. The van der Waals surface area contributed by atoms with Crippen LogP contribution in [-0.2, 0) is 16.1 Å². The lowest BCUT2D eigenvalue weighted by Crippen LogP contribution is -2.54. The van der Waals surface area contributed by atoms with E-state index in [4.69, 9.17) is 27.9 Å². The van der Waals surface area contributed by atoms with Crippen LogP contribution in [0.5, 0.6) is 5.75 Å². The van der Waals surface area contributed by atoms with E-state index in [1.807, 2.05) is 59.7 Å². The molecular formula is C25H32Cl2N2O3. The van der Waals surface area contributed by atoms with Crippen molar-refractivity contribution in [3.05, 3.63) is 63.1 Å². The minimum Gasteiger partial charge on any atom is -0.483 e. The zero-order valence-electron chi connectivity index (χ0n) is 19.6. The van der Waals surface area contributed by atoms with Crippen molar-refractivity contribution >= 4 is 35.0 Å². The van der Waals surface area contributed by atoms with Crippen molar-refractivity contribution in [1.29, 1.82) is 0 Å². The molecule has 0 saturated heterocycles. The van der Waals surface area contributed by atoms with Gasteiger partial charge in [0.25, 0.3) is 5.91 Å². The van der Waals surface area contributed by atoms with Gasteiger partial charge in [0.15, 0.2) is 6.61 Å². The van der Waals surface area contributed by atoms with Crippen molar-refractivity contribution in [3.63, 3.8) is 0 Å². The highest BCUT2D eigenvalue weighted by molar-refractivity contribution is 6.35. The molecule has 32 heavy (non-hydrogen) atoms. The summed E-state index contributed by atoms with van der Waals surface area (Å²) in [6.45, 7) is 11.5. The van der Waals surface area contributed by atoms with Gasteiger partial charge in [-0.2, -0.15) is 0 Å². The van der Waals surface area contributed by atoms with Gasteiger partial charge >= 0.3 is 0 Å². The average Bonchev–Trinajstić information content (AvgIpc) is 2.69. The third kappa shape index (κ3) is 7.14. The maximum Gasteiger partial charge on any atom is 0.261 e. The first kappa shape index (κ1) is 26.0. The molecule has 0 bridgehead atoms. The Morgan fingerprint density at radius 2 is 1.81 bits per heavy atom. The predicted octanol–water partition coefficient (Wildman–Crippen LogP) is 5.71. The number of rotatable bonds is 8. The maximum absolute atomic E-state index is 13.3. The van der Waals surface area contributed by atoms with Crippen molar-refractivity contribution in [1.82, 2.24) is 10.2 Å². The van der Waals surface area contributed by atoms with E-state index < -0.39 is 11.6 Å². The largest absolute Gasteiger partial charge is 0.483 e. The van der Waals surface area contributed by atoms with Crippen LogP contribution in [-0.4, -0.2) is 34.9 Å². The van der Waals surface area contributed by atoms with Crippen LogP contribution < -0.4 is 10.1 Å². The number of carbonyl (C=O) groups excluding carboxylic acids is 2. The molecule has 1 N–H and O–H groups in total. The fourth-order valence-corrected chi connectivity index (χ4v) is 3.78. The molecule has 1 unspecified atom stereocenters. The Balaban J connectivity index is 2.31. The maximum atomic E-state index is 13.3. The molecule has 0 aliphatic heterocycles. The zero-order chi connectivity index (χ0) is 24.1. The van der Waals surface area contributed by atoms with Crippen LogP contribution in [0.2, 0.25) is 10.0 Å². The van der Waals surface area contributed by atoms with Crippen molar-refractivity contribution in [2.75, 3.05) is 6.61 Å². The summed E-state index contributed by atoms with van der Waals surface area (Å²) in [6, 6.07) is 10.2. The van der Waals surface area contributed by atoms with Gasteiger partial charge in [0.1, 0.15) is 11.8 Å². The molecule has 0 saturated carbocycles. The van der Waals surface area contributed by atoms with Crippen LogP contribution in [0.3, 0.4) is 0 Å². The van der Waals surface area contributed by atoms with Gasteiger partial charge < -0.3 is 15.0 Å². The van der Waals surface area contributed by atoms with Gasteiger partial charge in [-0.25, -0.2) is 0 Å². The molecule has 0 radical (unpaired) electrons. The lowest BCUT2D eigenvalue weighted by molar-refractivity contribution is -0.143. The third-order valence-corrected chi connectivity index (χ3v) is 5.73. The normalized spacial score (nSPS) is 12.2. The number of nitrogens with zero attached hydrogens (tertiary/aromatic N) is 1. The Bertz CT molecular complexity index is 970. The van der Waals surface area contributed by atoms with Gasteiger partial charge in [0.2, 0.25) is 5.91 Å². The lowest BCUT2D eigenvalue weighted by Gasteiger charge is -2.33. The molecule has 2 aromatic rings. The first-order valence-corrected chi connectivity index (χ1v) is 11.4. The Labute approximate surface area is 201 Å². The fourth-order valence-electron chi connectivity index (χ4n) is 3.31. The number of nitrogens with one attached hydrogen (secondary N) is 1.